The summed E-state index contributed by atoms with van der Waals surface area (Å²) in [7, 11) is 0. The summed E-state index contributed by atoms with van der Waals surface area (Å²) in [5, 5.41) is 2.98. The van der Waals surface area contributed by atoms with Gasteiger partial charge < -0.3 is 20.4 Å². The van der Waals surface area contributed by atoms with Crippen molar-refractivity contribution in [2.24, 2.45) is 5.73 Å². The summed E-state index contributed by atoms with van der Waals surface area (Å²) in [6, 6.07) is 22.9. The first-order valence-electron chi connectivity index (χ1n) is 13.0. The minimum absolute atomic E-state index is 0.205. The number of nitrogens with two attached hydrogens (primary N) is 1. The van der Waals surface area contributed by atoms with Gasteiger partial charge in [0.05, 0.1) is 17.6 Å². The van der Waals surface area contributed by atoms with Gasteiger partial charge in [0.15, 0.2) is 0 Å². The van der Waals surface area contributed by atoms with Crippen LogP contribution in [0.1, 0.15) is 37.6 Å². The second kappa shape index (κ2) is 12.6. The monoisotopic (exact) mass is 518 g/mol. The summed E-state index contributed by atoms with van der Waals surface area (Å²) >= 11 is 0. The molecule has 4 rings (SSSR count). The molecular formula is C33H34N4O2. The molecule has 0 radical (unpaired) electrons. The third-order valence-corrected chi connectivity index (χ3v) is 6.23. The average molecular weight is 519 g/mol. The molecule has 3 N–H and O–H groups in total. The van der Waals surface area contributed by atoms with E-state index >= 15 is 0 Å². The zero-order chi connectivity index (χ0) is 27.8. The minimum atomic E-state index is -0.205. The van der Waals surface area contributed by atoms with Crippen molar-refractivity contribution in [1.29, 1.82) is 0 Å². The highest BCUT2D eigenvalue weighted by molar-refractivity contribution is 5.99. The normalized spacial score (nSPS) is 12.2. The molecule has 0 aliphatic carbocycles. The Morgan fingerprint density at radius 3 is 2.56 bits per heavy atom. The second-order valence-corrected chi connectivity index (χ2v) is 9.25. The van der Waals surface area contributed by atoms with Gasteiger partial charge in [-0.3, -0.25) is 4.79 Å². The lowest BCUT2D eigenvalue weighted by Gasteiger charge is -2.11. The summed E-state index contributed by atoms with van der Waals surface area (Å²) in [5.41, 5.74) is 11.4. The lowest BCUT2D eigenvalue weighted by atomic mass is 10.1. The zero-order valence-electron chi connectivity index (χ0n) is 22.6. The van der Waals surface area contributed by atoms with Gasteiger partial charge in [0.25, 0.3) is 5.91 Å². The number of carbonyl (C=O) groups is 1. The Balaban J connectivity index is 1.65. The van der Waals surface area contributed by atoms with E-state index in [0.717, 1.165) is 28.9 Å². The van der Waals surface area contributed by atoms with E-state index in [1.54, 1.807) is 12.1 Å². The summed E-state index contributed by atoms with van der Waals surface area (Å²) < 4.78 is 8.04. The molecule has 1 aromatic heterocycles. The van der Waals surface area contributed by atoms with Gasteiger partial charge in [0.2, 0.25) is 0 Å². The van der Waals surface area contributed by atoms with Crippen LogP contribution in [0.25, 0.3) is 22.4 Å². The number of para-hydroxylation sites is 1. The van der Waals surface area contributed by atoms with Gasteiger partial charge in [0.1, 0.15) is 17.3 Å². The van der Waals surface area contributed by atoms with Crippen LogP contribution in [-0.2, 0) is 6.54 Å². The number of rotatable bonds is 10. The number of benzene rings is 3. The summed E-state index contributed by atoms with van der Waals surface area (Å²) in [5.74, 6) is 1.95. The van der Waals surface area contributed by atoms with Crippen molar-refractivity contribution >= 4 is 16.9 Å². The third kappa shape index (κ3) is 6.93. The molecule has 1 amide bonds. The number of hydrogen-bond acceptors (Lipinski definition) is 4. The van der Waals surface area contributed by atoms with Gasteiger partial charge >= 0.3 is 0 Å². The Bertz CT molecular complexity index is 1580. The molecule has 0 aliphatic rings. The number of nitrogens with one attached hydrogen (secondary N) is 1. The quantitative estimate of drug-likeness (QED) is 0.213. The van der Waals surface area contributed by atoms with Crippen molar-refractivity contribution in [1.82, 2.24) is 14.9 Å². The van der Waals surface area contributed by atoms with E-state index in [9.17, 15) is 4.79 Å². The van der Waals surface area contributed by atoms with E-state index in [1.165, 1.54) is 5.57 Å². The van der Waals surface area contributed by atoms with Crippen LogP contribution >= 0.6 is 0 Å². The Kier molecular flexibility index (Phi) is 8.79. The van der Waals surface area contributed by atoms with E-state index in [-0.39, 0.29) is 5.91 Å². The van der Waals surface area contributed by atoms with Crippen LogP contribution in [0.3, 0.4) is 0 Å². The molecule has 0 fully saturated rings. The highest BCUT2D eigenvalue weighted by Crippen LogP contribution is 2.30. The molecule has 0 saturated heterocycles. The van der Waals surface area contributed by atoms with Crippen LogP contribution in [0.4, 0.5) is 0 Å². The van der Waals surface area contributed by atoms with Crippen LogP contribution in [0.2, 0.25) is 0 Å². The summed E-state index contributed by atoms with van der Waals surface area (Å²) in [6.45, 7) is 10.4. The Hall–Kier alpha value is -4.84. The van der Waals surface area contributed by atoms with Crippen molar-refractivity contribution in [3.8, 4) is 22.9 Å². The number of carbonyl (C=O) groups excluding carboxylic acids is 1. The fraction of sp³-hybridized carbons (Fsp3) is 0.152. The lowest BCUT2D eigenvalue weighted by Crippen LogP contribution is -2.21. The van der Waals surface area contributed by atoms with Crippen LogP contribution in [-0.4, -0.2) is 15.5 Å². The Morgan fingerprint density at radius 1 is 1.08 bits per heavy atom. The molecule has 0 spiro atoms. The Labute approximate surface area is 229 Å². The van der Waals surface area contributed by atoms with Crippen molar-refractivity contribution in [2.45, 2.75) is 33.7 Å². The van der Waals surface area contributed by atoms with Gasteiger partial charge in [0, 0.05) is 22.5 Å². The predicted octanol–water partition coefficient (Wildman–Crippen LogP) is 7.51. The molecule has 0 aliphatic heterocycles. The standard InChI is InChI=1S/C33H34N4O2/c1-5-23(3)12-10-14-27(6-2)35-33(38)26-18-19-31-30(21-26)36-32(37(31)22-24(4)34)25-13-11-17-29(20-25)39-28-15-8-7-9-16-28/h6-21H,4-5,22,34H2,1-3H3,(H,35,38)/b14-10-,23-12+,27-6+. The number of aromatic nitrogens is 2. The molecule has 0 bridgehead atoms. The van der Waals surface area contributed by atoms with Crippen LogP contribution < -0.4 is 15.8 Å². The molecular weight excluding hydrogens is 484 g/mol. The molecule has 1 heterocycles. The van der Waals surface area contributed by atoms with Gasteiger partial charge in [-0.1, -0.05) is 67.6 Å². The van der Waals surface area contributed by atoms with E-state index in [2.05, 4.69) is 25.7 Å². The van der Waals surface area contributed by atoms with Crippen molar-refractivity contribution in [3.63, 3.8) is 0 Å². The predicted molar refractivity (Wildman–Crippen MR) is 159 cm³/mol. The number of allylic oxidation sites excluding steroid dienone is 6. The maximum Gasteiger partial charge on any atom is 0.255 e. The highest BCUT2D eigenvalue weighted by Gasteiger charge is 2.16. The largest absolute Gasteiger partial charge is 0.457 e. The molecule has 198 valence electrons. The molecule has 6 nitrogen and oxygen atoms in total. The van der Waals surface area contributed by atoms with Crippen molar-refractivity contribution < 1.29 is 9.53 Å². The lowest BCUT2D eigenvalue weighted by molar-refractivity contribution is 0.0967. The number of fused-ring (bicyclic) bond motifs is 1. The summed E-state index contributed by atoms with van der Waals surface area (Å²) in [4.78, 5) is 18.0. The highest BCUT2D eigenvalue weighted by atomic mass is 16.5. The zero-order valence-corrected chi connectivity index (χ0v) is 22.6. The number of nitrogens with zero attached hydrogens (tertiary/aromatic N) is 2. The fourth-order valence-corrected chi connectivity index (χ4v) is 4.03. The van der Waals surface area contributed by atoms with Gasteiger partial charge in [-0.05, 0) is 68.8 Å². The topological polar surface area (TPSA) is 82.2 Å². The van der Waals surface area contributed by atoms with E-state index in [1.807, 2.05) is 96.5 Å². The fourth-order valence-electron chi connectivity index (χ4n) is 4.03. The molecule has 39 heavy (non-hydrogen) atoms. The smallest absolute Gasteiger partial charge is 0.255 e. The number of hydrogen-bond donors (Lipinski definition) is 2. The summed E-state index contributed by atoms with van der Waals surface area (Å²) in [6.07, 6.45) is 8.73. The maximum absolute atomic E-state index is 13.1. The van der Waals surface area contributed by atoms with Gasteiger partial charge in [-0.25, -0.2) is 4.98 Å². The maximum atomic E-state index is 13.1. The van der Waals surface area contributed by atoms with E-state index in [4.69, 9.17) is 15.5 Å². The molecule has 0 unspecified atom stereocenters. The van der Waals surface area contributed by atoms with Crippen LogP contribution in [0, 0.1) is 0 Å². The molecule has 6 heteroatoms. The average Bonchev–Trinajstić information content (AvgIpc) is 3.29. The number of ether oxygens (including phenoxy) is 1. The minimum Gasteiger partial charge on any atom is -0.457 e. The van der Waals surface area contributed by atoms with E-state index < -0.39 is 0 Å². The molecule has 3 aromatic carbocycles. The first-order chi connectivity index (χ1) is 18.9. The van der Waals surface area contributed by atoms with Gasteiger partial charge in [-0.15, -0.1) is 0 Å². The van der Waals surface area contributed by atoms with Crippen molar-refractivity contribution in [2.75, 3.05) is 0 Å². The molecule has 4 aromatic rings. The molecule has 0 atom stereocenters. The number of imidazole rings is 1. The van der Waals surface area contributed by atoms with E-state index in [0.29, 0.717) is 34.9 Å². The number of amides is 1. The Morgan fingerprint density at radius 2 is 1.85 bits per heavy atom. The van der Waals surface area contributed by atoms with Crippen molar-refractivity contribution in [3.05, 3.63) is 126 Å². The van der Waals surface area contributed by atoms with Gasteiger partial charge in [-0.2, -0.15) is 0 Å². The first kappa shape index (κ1) is 27.2. The van der Waals surface area contributed by atoms with Crippen LogP contribution in [0.5, 0.6) is 11.5 Å². The first-order valence-corrected chi connectivity index (χ1v) is 13.0. The second-order valence-electron chi connectivity index (χ2n) is 9.25. The molecule has 0 saturated carbocycles. The third-order valence-electron chi connectivity index (χ3n) is 6.23. The SMILES string of the molecule is C=C(N)Cn1c(-c2cccc(Oc3ccccc3)c2)nc2cc(C(=O)NC(/C=C\C=C(/C)CC)=C/C)ccc21. The van der Waals surface area contributed by atoms with Crippen LogP contribution in [0.15, 0.2) is 121 Å².